The smallest absolute Gasteiger partial charge is 0.343 e. The Morgan fingerprint density at radius 1 is 0.791 bits per heavy atom. The maximum atomic E-state index is 12.2. The standard InChI is InChI=1S/C28H48O.C7H15Cl2N2O2P/c1-24(2)14-10-17-27(5)20-11-18-25(3)15-8-9-16-26(4)19-12-21-28(6)22-13-23-29-7;8-2-4-10-14(12)11(6-3-9)5-1-7-13-14/h14-16,20-21H,8-13,17-19,22-23H2,1-7H3;1-7H2,(H,10,12)/b25-15+,26-16+,27-20+,28-21+;. The number of allylic oxidation sites excluding steroid dienone is 10. The normalized spacial score (nSPS) is 18.8. The van der Waals surface area contributed by atoms with Crippen LogP contribution in [0.2, 0.25) is 0 Å². The third-order valence-electron chi connectivity index (χ3n) is 7.17. The van der Waals surface area contributed by atoms with Crippen molar-refractivity contribution in [3.05, 3.63) is 58.2 Å². The third kappa shape index (κ3) is 24.3. The summed E-state index contributed by atoms with van der Waals surface area (Å²) in [7, 11) is -1.07. The molecule has 1 unspecified atom stereocenters. The van der Waals surface area contributed by atoms with Crippen LogP contribution >= 0.6 is 30.9 Å². The van der Waals surface area contributed by atoms with Gasteiger partial charge in [0.25, 0.3) is 0 Å². The van der Waals surface area contributed by atoms with Crippen molar-refractivity contribution in [2.24, 2.45) is 0 Å². The highest BCUT2D eigenvalue weighted by Crippen LogP contribution is 2.48. The van der Waals surface area contributed by atoms with E-state index in [4.69, 9.17) is 32.5 Å². The van der Waals surface area contributed by atoms with Crippen LogP contribution in [0.25, 0.3) is 0 Å². The molecule has 0 saturated carbocycles. The highest BCUT2D eigenvalue weighted by atomic mass is 35.5. The molecule has 1 aliphatic rings. The molecule has 1 fully saturated rings. The monoisotopic (exact) mass is 660 g/mol. The van der Waals surface area contributed by atoms with Gasteiger partial charge in [-0.05, 0) is 112 Å². The molecule has 43 heavy (non-hydrogen) atoms. The van der Waals surface area contributed by atoms with Gasteiger partial charge in [-0.15, -0.1) is 23.2 Å². The van der Waals surface area contributed by atoms with Crippen molar-refractivity contribution < 1.29 is 13.8 Å². The molecule has 0 aromatic rings. The van der Waals surface area contributed by atoms with Gasteiger partial charge < -0.3 is 9.26 Å². The van der Waals surface area contributed by atoms with Crippen LogP contribution in [0.3, 0.4) is 0 Å². The number of rotatable bonds is 21. The molecule has 0 aromatic carbocycles. The first-order chi connectivity index (χ1) is 20.6. The molecule has 0 radical (unpaired) electrons. The number of ether oxygens (including phenoxy) is 1. The van der Waals surface area contributed by atoms with E-state index in [2.05, 4.69) is 77.0 Å². The minimum Gasteiger partial charge on any atom is -0.385 e. The van der Waals surface area contributed by atoms with Crippen LogP contribution in [-0.2, 0) is 13.8 Å². The molecule has 5 nitrogen and oxygen atoms in total. The molecule has 0 bridgehead atoms. The van der Waals surface area contributed by atoms with E-state index in [1.807, 2.05) is 0 Å². The van der Waals surface area contributed by atoms with E-state index >= 15 is 0 Å². The molecule has 1 N–H and O–H groups in total. The van der Waals surface area contributed by atoms with Crippen molar-refractivity contribution in [1.82, 2.24) is 9.76 Å². The Morgan fingerprint density at radius 2 is 1.30 bits per heavy atom. The van der Waals surface area contributed by atoms with Gasteiger partial charge in [0.1, 0.15) is 0 Å². The molecule has 1 atom stereocenters. The SMILES string of the molecule is COCCC/C(C)=C/CC/C(C)=C/CC/C=C(\C)CC/C=C(\C)CCC=C(C)C.O=P1(NCCCl)OCCCN1CCCl. The van der Waals surface area contributed by atoms with E-state index in [-0.39, 0.29) is 0 Å². The summed E-state index contributed by atoms with van der Waals surface area (Å²) in [4.78, 5) is 0. The largest absolute Gasteiger partial charge is 0.385 e. The van der Waals surface area contributed by atoms with Gasteiger partial charge in [-0.1, -0.05) is 58.2 Å². The maximum Gasteiger partial charge on any atom is 0.343 e. The molecule has 0 amide bonds. The van der Waals surface area contributed by atoms with Gasteiger partial charge in [-0.2, -0.15) is 0 Å². The van der Waals surface area contributed by atoms with Gasteiger partial charge in [0.05, 0.1) is 6.61 Å². The van der Waals surface area contributed by atoms with Crippen molar-refractivity contribution in [1.29, 1.82) is 0 Å². The molecule has 0 aliphatic carbocycles. The van der Waals surface area contributed by atoms with Crippen LogP contribution in [0.4, 0.5) is 0 Å². The van der Waals surface area contributed by atoms with Crippen molar-refractivity contribution in [3.8, 4) is 0 Å². The summed E-state index contributed by atoms with van der Waals surface area (Å²) in [5.74, 6) is 0.873. The predicted molar refractivity (Wildman–Crippen MR) is 192 cm³/mol. The summed E-state index contributed by atoms with van der Waals surface area (Å²) < 4.78 is 24.4. The fourth-order valence-electron chi connectivity index (χ4n) is 4.56. The van der Waals surface area contributed by atoms with Gasteiger partial charge in [0.15, 0.2) is 0 Å². The average molecular weight is 662 g/mol. The van der Waals surface area contributed by atoms with Gasteiger partial charge in [-0.25, -0.2) is 9.76 Å². The summed E-state index contributed by atoms with van der Waals surface area (Å²) in [5, 5.41) is 2.85. The van der Waals surface area contributed by atoms with Crippen molar-refractivity contribution in [2.45, 2.75) is 112 Å². The van der Waals surface area contributed by atoms with Gasteiger partial charge in [-0.3, -0.25) is 4.57 Å². The topological polar surface area (TPSA) is 50.8 Å². The molecule has 1 rings (SSSR count). The third-order valence-corrected chi connectivity index (χ3v) is 9.83. The highest BCUT2D eigenvalue weighted by molar-refractivity contribution is 7.54. The number of hydrogen-bond donors (Lipinski definition) is 1. The lowest BCUT2D eigenvalue weighted by Gasteiger charge is -2.34. The second-order valence-corrected chi connectivity index (χ2v) is 14.7. The van der Waals surface area contributed by atoms with E-state index in [9.17, 15) is 4.57 Å². The molecule has 0 aromatic heterocycles. The second-order valence-electron chi connectivity index (χ2n) is 11.7. The Kier molecular flexibility index (Phi) is 27.2. The number of halogens is 2. The van der Waals surface area contributed by atoms with Gasteiger partial charge in [0.2, 0.25) is 0 Å². The Bertz CT molecular complexity index is 922. The predicted octanol–water partition coefficient (Wildman–Crippen LogP) is 11.2. The zero-order chi connectivity index (χ0) is 32.3. The molecule has 250 valence electrons. The molecule has 1 aliphatic heterocycles. The molecule has 0 spiro atoms. The summed E-state index contributed by atoms with van der Waals surface area (Å²) in [6.07, 6.45) is 24.6. The van der Waals surface area contributed by atoms with Crippen LogP contribution in [0.1, 0.15) is 112 Å². The van der Waals surface area contributed by atoms with E-state index in [0.29, 0.717) is 31.5 Å². The second kappa shape index (κ2) is 27.6. The van der Waals surface area contributed by atoms with Crippen LogP contribution in [0.5, 0.6) is 0 Å². The van der Waals surface area contributed by atoms with Crippen molar-refractivity contribution in [3.63, 3.8) is 0 Å². The Hall–Kier alpha value is -0.650. The van der Waals surface area contributed by atoms with Crippen LogP contribution in [0, 0.1) is 0 Å². The van der Waals surface area contributed by atoms with E-state index in [0.717, 1.165) is 45.3 Å². The summed E-state index contributed by atoms with van der Waals surface area (Å²) in [6.45, 7) is 16.6. The minimum atomic E-state index is -2.84. The van der Waals surface area contributed by atoms with Crippen LogP contribution < -0.4 is 5.09 Å². The quantitative estimate of drug-likeness (QED) is 0.0574. The molecule has 8 heteroatoms. The first kappa shape index (κ1) is 42.3. The highest BCUT2D eigenvalue weighted by Gasteiger charge is 2.33. The first-order valence-electron chi connectivity index (χ1n) is 16.2. The van der Waals surface area contributed by atoms with Crippen LogP contribution in [-0.4, -0.2) is 56.4 Å². The Balaban J connectivity index is 0.00000104. The number of hydrogen-bond acceptors (Lipinski definition) is 3. The lowest BCUT2D eigenvalue weighted by atomic mass is 10.0. The number of unbranched alkanes of at least 4 members (excludes halogenated alkanes) is 1. The lowest BCUT2D eigenvalue weighted by Crippen LogP contribution is -2.36. The zero-order valence-corrected chi connectivity index (χ0v) is 30.9. The van der Waals surface area contributed by atoms with E-state index < -0.39 is 7.67 Å². The number of nitrogens with one attached hydrogen (secondary N) is 1. The van der Waals surface area contributed by atoms with E-state index in [1.54, 1.807) is 11.8 Å². The zero-order valence-electron chi connectivity index (χ0n) is 28.5. The molecule has 1 saturated heterocycles. The summed E-state index contributed by atoms with van der Waals surface area (Å²) in [6, 6.07) is 0. The molecule has 1 heterocycles. The summed E-state index contributed by atoms with van der Waals surface area (Å²) >= 11 is 11.1. The summed E-state index contributed by atoms with van der Waals surface area (Å²) in [5.41, 5.74) is 7.49. The van der Waals surface area contributed by atoms with Gasteiger partial charge in [0, 0.05) is 45.1 Å². The fraction of sp³-hybridized carbons (Fsp3) is 0.714. The number of alkyl halides is 2. The molecular formula is C35H63Cl2N2O3P. The van der Waals surface area contributed by atoms with Gasteiger partial charge >= 0.3 is 7.67 Å². The number of methoxy groups -OCH3 is 1. The Labute approximate surface area is 275 Å². The lowest BCUT2D eigenvalue weighted by molar-refractivity contribution is 0.195. The molecular weight excluding hydrogens is 598 g/mol. The van der Waals surface area contributed by atoms with E-state index in [1.165, 1.54) is 66.4 Å². The first-order valence-corrected chi connectivity index (χ1v) is 18.8. The fourth-order valence-corrected chi connectivity index (χ4v) is 7.10. The number of nitrogens with zero attached hydrogens (tertiary/aromatic N) is 1. The minimum absolute atomic E-state index is 0.419. The van der Waals surface area contributed by atoms with Crippen molar-refractivity contribution >= 4 is 30.9 Å². The van der Waals surface area contributed by atoms with Crippen LogP contribution in [0.15, 0.2) is 58.2 Å². The maximum absolute atomic E-state index is 12.2. The van der Waals surface area contributed by atoms with Crippen molar-refractivity contribution in [2.75, 3.05) is 51.7 Å². The average Bonchev–Trinajstić information content (AvgIpc) is 2.96. The Morgan fingerprint density at radius 3 is 1.79 bits per heavy atom.